The summed E-state index contributed by atoms with van der Waals surface area (Å²) in [6, 6.07) is 24.3. The third-order valence-corrected chi connectivity index (χ3v) is 6.01. The first kappa shape index (κ1) is 25.5. The molecule has 0 aliphatic carbocycles. The highest BCUT2D eigenvalue weighted by Crippen LogP contribution is 2.19. The predicted octanol–water partition coefficient (Wildman–Crippen LogP) is 3.91. The molecule has 0 fully saturated rings. The van der Waals surface area contributed by atoms with Crippen LogP contribution in [-0.2, 0) is 38.5 Å². The van der Waals surface area contributed by atoms with Gasteiger partial charge in [0.05, 0.1) is 7.11 Å². The summed E-state index contributed by atoms with van der Waals surface area (Å²) in [4.78, 5) is 41.8. The highest BCUT2D eigenvalue weighted by atomic mass is 16.5. The zero-order chi connectivity index (χ0) is 26.0. The van der Waals surface area contributed by atoms with Crippen molar-refractivity contribution in [2.75, 3.05) is 7.11 Å². The summed E-state index contributed by atoms with van der Waals surface area (Å²) < 4.78 is 10.3. The molecule has 4 aromatic rings. The monoisotopic (exact) mass is 499 g/mol. The van der Waals surface area contributed by atoms with Gasteiger partial charge in [0.15, 0.2) is 0 Å². The smallest absolute Gasteiger partial charge is 0.408 e. The number of rotatable bonds is 10. The van der Waals surface area contributed by atoms with Crippen molar-refractivity contribution in [3.05, 3.63) is 108 Å². The van der Waals surface area contributed by atoms with E-state index in [-0.39, 0.29) is 19.4 Å². The molecule has 0 aliphatic heterocycles. The molecule has 0 radical (unpaired) electrons. The van der Waals surface area contributed by atoms with Gasteiger partial charge >= 0.3 is 12.1 Å². The molecule has 190 valence electrons. The first-order valence-corrected chi connectivity index (χ1v) is 12.0. The summed E-state index contributed by atoms with van der Waals surface area (Å²) in [6.07, 6.45) is 1.51. The van der Waals surface area contributed by atoms with Crippen molar-refractivity contribution in [3.8, 4) is 0 Å². The average Bonchev–Trinajstić information content (AvgIpc) is 3.34. The number of fused-ring (bicyclic) bond motifs is 1. The van der Waals surface area contributed by atoms with E-state index in [1.165, 1.54) is 7.11 Å². The van der Waals surface area contributed by atoms with E-state index in [0.29, 0.717) is 0 Å². The van der Waals surface area contributed by atoms with E-state index in [0.717, 1.165) is 27.6 Å². The topological polar surface area (TPSA) is 110 Å². The van der Waals surface area contributed by atoms with Crippen LogP contribution in [0, 0.1) is 0 Å². The summed E-state index contributed by atoms with van der Waals surface area (Å²) in [5, 5.41) is 6.38. The van der Waals surface area contributed by atoms with E-state index >= 15 is 0 Å². The number of benzene rings is 3. The van der Waals surface area contributed by atoms with Crippen LogP contribution < -0.4 is 10.6 Å². The molecule has 37 heavy (non-hydrogen) atoms. The molecule has 3 aromatic carbocycles. The van der Waals surface area contributed by atoms with Gasteiger partial charge < -0.3 is 25.1 Å². The Hall–Kier alpha value is -4.59. The predicted molar refractivity (Wildman–Crippen MR) is 140 cm³/mol. The van der Waals surface area contributed by atoms with E-state index in [9.17, 15) is 14.4 Å². The van der Waals surface area contributed by atoms with Crippen molar-refractivity contribution in [3.63, 3.8) is 0 Å². The molecule has 0 aliphatic rings. The molecule has 1 heterocycles. The SMILES string of the molecule is COC(=O)[C@@H](Cc1ccccc1)NC(=O)[C@@H](Cc1c[nH]c2ccccc12)NC(=O)OCc1ccccc1. The molecule has 4 rings (SSSR count). The maximum atomic E-state index is 13.4. The minimum atomic E-state index is -0.995. The number of hydrogen-bond donors (Lipinski definition) is 3. The summed E-state index contributed by atoms with van der Waals surface area (Å²) in [5.74, 6) is -1.09. The lowest BCUT2D eigenvalue weighted by Gasteiger charge is -2.22. The first-order valence-electron chi connectivity index (χ1n) is 12.0. The molecule has 0 saturated carbocycles. The minimum absolute atomic E-state index is 0.0624. The third-order valence-electron chi connectivity index (χ3n) is 6.01. The van der Waals surface area contributed by atoms with Crippen molar-refractivity contribution in [1.29, 1.82) is 0 Å². The molecular formula is C29H29N3O5. The Morgan fingerprint density at radius 2 is 1.43 bits per heavy atom. The number of ether oxygens (including phenoxy) is 2. The fourth-order valence-corrected chi connectivity index (χ4v) is 4.09. The van der Waals surface area contributed by atoms with Gasteiger partial charge in [0.25, 0.3) is 0 Å². The number of amides is 2. The van der Waals surface area contributed by atoms with Gasteiger partial charge in [-0.3, -0.25) is 4.79 Å². The van der Waals surface area contributed by atoms with Crippen LogP contribution in [0.2, 0.25) is 0 Å². The molecule has 0 spiro atoms. The number of esters is 1. The Kier molecular flexibility index (Phi) is 8.54. The Balaban J connectivity index is 1.51. The lowest BCUT2D eigenvalue weighted by Crippen LogP contribution is -2.53. The van der Waals surface area contributed by atoms with E-state index in [1.807, 2.05) is 91.1 Å². The van der Waals surface area contributed by atoms with Crippen LogP contribution in [0.5, 0.6) is 0 Å². The summed E-state index contributed by atoms with van der Waals surface area (Å²) in [7, 11) is 1.27. The maximum Gasteiger partial charge on any atom is 0.408 e. The molecule has 0 bridgehead atoms. The molecule has 1 aromatic heterocycles. The number of carbonyl (C=O) groups excluding carboxylic acids is 3. The van der Waals surface area contributed by atoms with Gasteiger partial charge in [-0.15, -0.1) is 0 Å². The summed E-state index contributed by atoms with van der Waals surface area (Å²) in [5.41, 5.74) is 3.45. The zero-order valence-corrected chi connectivity index (χ0v) is 20.5. The van der Waals surface area contributed by atoms with Gasteiger partial charge in [-0.1, -0.05) is 78.9 Å². The highest BCUT2D eigenvalue weighted by molar-refractivity contribution is 5.91. The summed E-state index contributed by atoms with van der Waals surface area (Å²) >= 11 is 0. The van der Waals surface area contributed by atoms with Gasteiger partial charge in [-0.25, -0.2) is 9.59 Å². The second-order valence-corrected chi connectivity index (χ2v) is 8.60. The Morgan fingerprint density at radius 3 is 2.14 bits per heavy atom. The second kappa shape index (κ2) is 12.4. The zero-order valence-electron chi connectivity index (χ0n) is 20.5. The number of alkyl carbamates (subject to hydrolysis) is 1. The normalized spacial score (nSPS) is 12.4. The number of nitrogens with one attached hydrogen (secondary N) is 3. The fraction of sp³-hybridized carbons (Fsp3) is 0.207. The molecule has 0 unspecified atom stereocenters. The Morgan fingerprint density at radius 1 is 0.784 bits per heavy atom. The van der Waals surface area contributed by atoms with Crippen LogP contribution in [0.3, 0.4) is 0 Å². The van der Waals surface area contributed by atoms with Crippen LogP contribution in [0.25, 0.3) is 10.9 Å². The lowest BCUT2D eigenvalue weighted by atomic mass is 10.0. The van der Waals surface area contributed by atoms with Crippen molar-refractivity contribution < 1.29 is 23.9 Å². The van der Waals surface area contributed by atoms with Crippen LogP contribution in [-0.4, -0.2) is 42.1 Å². The largest absolute Gasteiger partial charge is 0.467 e. The van der Waals surface area contributed by atoms with E-state index < -0.39 is 30.1 Å². The molecule has 8 heteroatoms. The maximum absolute atomic E-state index is 13.4. The van der Waals surface area contributed by atoms with Crippen molar-refractivity contribution >= 4 is 28.9 Å². The Bertz CT molecular complexity index is 1340. The standard InChI is InChI=1S/C29H29N3O5/c1-36-28(34)26(16-20-10-4-2-5-11-20)31-27(33)25(17-22-18-30-24-15-9-8-14-23(22)24)32-29(35)37-19-21-12-6-3-7-13-21/h2-15,18,25-26,30H,16-17,19H2,1H3,(H,31,33)(H,32,35)/t25-,26-/m1/s1. The molecule has 0 saturated heterocycles. The van der Waals surface area contributed by atoms with Crippen LogP contribution in [0.4, 0.5) is 4.79 Å². The minimum Gasteiger partial charge on any atom is -0.467 e. The average molecular weight is 500 g/mol. The lowest BCUT2D eigenvalue weighted by molar-refractivity contribution is -0.145. The van der Waals surface area contributed by atoms with E-state index in [2.05, 4.69) is 15.6 Å². The third kappa shape index (κ3) is 6.98. The van der Waals surface area contributed by atoms with Crippen LogP contribution >= 0.6 is 0 Å². The molecule has 2 amide bonds. The number of methoxy groups -OCH3 is 1. The van der Waals surface area contributed by atoms with Gasteiger partial charge in [-0.2, -0.15) is 0 Å². The van der Waals surface area contributed by atoms with Crippen LogP contribution in [0.1, 0.15) is 16.7 Å². The van der Waals surface area contributed by atoms with Gasteiger partial charge in [-0.05, 0) is 22.8 Å². The second-order valence-electron chi connectivity index (χ2n) is 8.60. The van der Waals surface area contributed by atoms with Crippen molar-refractivity contribution in [1.82, 2.24) is 15.6 Å². The van der Waals surface area contributed by atoms with Crippen LogP contribution in [0.15, 0.2) is 91.1 Å². The van der Waals surface area contributed by atoms with E-state index in [1.54, 1.807) is 0 Å². The first-order chi connectivity index (χ1) is 18.0. The van der Waals surface area contributed by atoms with Gasteiger partial charge in [0.1, 0.15) is 18.7 Å². The molecule has 8 nitrogen and oxygen atoms in total. The highest BCUT2D eigenvalue weighted by Gasteiger charge is 2.29. The number of hydrogen-bond acceptors (Lipinski definition) is 5. The number of carbonyl (C=O) groups is 3. The van der Waals surface area contributed by atoms with Crippen molar-refractivity contribution in [2.45, 2.75) is 31.5 Å². The van der Waals surface area contributed by atoms with E-state index in [4.69, 9.17) is 9.47 Å². The van der Waals surface area contributed by atoms with Gasteiger partial charge in [0, 0.05) is 29.9 Å². The molecule has 2 atom stereocenters. The number of para-hydroxylation sites is 1. The van der Waals surface area contributed by atoms with Gasteiger partial charge in [0.2, 0.25) is 5.91 Å². The number of aromatic amines is 1. The number of aromatic nitrogens is 1. The fourth-order valence-electron chi connectivity index (χ4n) is 4.09. The van der Waals surface area contributed by atoms with Crippen molar-refractivity contribution in [2.24, 2.45) is 0 Å². The molecular weight excluding hydrogens is 470 g/mol. The Labute approximate surface area is 215 Å². The molecule has 3 N–H and O–H groups in total. The number of H-pyrrole nitrogens is 1. The quantitative estimate of drug-likeness (QED) is 0.287. The summed E-state index contributed by atoms with van der Waals surface area (Å²) in [6.45, 7) is 0.0624.